The molecule has 32 heavy (non-hydrogen) atoms. The Balaban J connectivity index is 1.69. The van der Waals surface area contributed by atoms with Crippen LogP contribution in [0.1, 0.15) is 31.7 Å². The zero-order chi connectivity index (χ0) is 22.9. The minimum absolute atomic E-state index is 0.113. The van der Waals surface area contributed by atoms with E-state index < -0.39 is 11.6 Å². The van der Waals surface area contributed by atoms with Crippen LogP contribution in [0.4, 0.5) is 8.78 Å². The molecule has 0 bridgehead atoms. The number of halogens is 2. The van der Waals surface area contributed by atoms with E-state index in [0.29, 0.717) is 5.56 Å². The number of aliphatic hydroxyl groups excluding tert-OH is 1. The highest BCUT2D eigenvalue weighted by Crippen LogP contribution is 2.31. The number of unbranched alkanes of at least 4 members (excludes halogenated alkanes) is 1. The topological polar surface area (TPSA) is 29.5 Å². The summed E-state index contributed by atoms with van der Waals surface area (Å²) in [6, 6.07) is 18.5. The second-order valence-corrected chi connectivity index (χ2v) is 7.72. The molecule has 3 aromatic carbocycles. The van der Waals surface area contributed by atoms with Gasteiger partial charge in [-0.15, -0.1) is 0 Å². The van der Waals surface area contributed by atoms with Crippen molar-refractivity contribution < 1.29 is 18.6 Å². The van der Waals surface area contributed by atoms with Gasteiger partial charge in [-0.1, -0.05) is 73.3 Å². The molecule has 0 amide bonds. The molecule has 0 saturated heterocycles. The van der Waals surface area contributed by atoms with Crippen LogP contribution < -0.4 is 4.74 Å². The number of hydrogen-bond donors (Lipinski definition) is 1. The van der Waals surface area contributed by atoms with Crippen molar-refractivity contribution in [3.63, 3.8) is 0 Å². The third kappa shape index (κ3) is 6.14. The van der Waals surface area contributed by atoms with Crippen molar-refractivity contribution in [1.82, 2.24) is 0 Å². The number of benzene rings is 3. The Kier molecular flexibility index (Phi) is 8.34. The summed E-state index contributed by atoms with van der Waals surface area (Å²) in [4.78, 5) is 0. The Morgan fingerprint density at radius 3 is 2.16 bits per heavy atom. The fraction of sp³-hybridized carbons (Fsp3) is 0.214. The van der Waals surface area contributed by atoms with Gasteiger partial charge in [0.25, 0.3) is 0 Å². The van der Waals surface area contributed by atoms with Gasteiger partial charge in [-0.2, -0.15) is 4.39 Å². The van der Waals surface area contributed by atoms with Crippen LogP contribution in [0, 0.1) is 11.6 Å². The van der Waals surface area contributed by atoms with Crippen LogP contribution in [0.2, 0.25) is 0 Å². The molecule has 1 atom stereocenters. The first kappa shape index (κ1) is 23.4. The minimum atomic E-state index is -0.997. The zero-order valence-electron chi connectivity index (χ0n) is 18.2. The highest BCUT2D eigenvalue weighted by atomic mass is 19.2. The van der Waals surface area contributed by atoms with Gasteiger partial charge in [-0.3, -0.25) is 0 Å². The first-order valence-electron chi connectivity index (χ1n) is 10.8. The van der Waals surface area contributed by atoms with Crippen molar-refractivity contribution in [2.75, 3.05) is 6.61 Å². The first-order chi connectivity index (χ1) is 15.5. The van der Waals surface area contributed by atoms with Gasteiger partial charge >= 0.3 is 0 Å². The van der Waals surface area contributed by atoms with Crippen LogP contribution in [-0.2, 0) is 0 Å². The zero-order valence-corrected chi connectivity index (χ0v) is 18.2. The summed E-state index contributed by atoms with van der Waals surface area (Å²) in [7, 11) is 0. The first-order valence-corrected chi connectivity index (χ1v) is 10.8. The number of hydrogen-bond acceptors (Lipinski definition) is 2. The van der Waals surface area contributed by atoms with Gasteiger partial charge in [-0.25, -0.2) is 4.39 Å². The molecule has 0 spiro atoms. The van der Waals surface area contributed by atoms with Crippen molar-refractivity contribution in [1.29, 1.82) is 0 Å². The molecule has 0 aliphatic heterocycles. The summed E-state index contributed by atoms with van der Waals surface area (Å²) >= 11 is 0. The monoisotopic (exact) mass is 434 g/mol. The highest BCUT2D eigenvalue weighted by Gasteiger charge is 2.15. The molecule has 1 N–H and O–H groups in total. The summed E-state index contributed by atoms with van der Waals surface area (Å²) in [5.74, 6) is -2.05. The summed E-state index contributed by atoms with van der Waals surface area (Å²) in [5.41, 5.74) is 3.93. The Morgan fingerprint density at radius 1 is 0.906 bits per heavy atom. The molecule has 4 heteroatoms. The second-order valence-electron chi connectivity index (χ2n) is 7.72. The standard InChI is InChI=1S/C28H28F2O2/c1-3-19-32-26-18-17-25(27(29)28(26)30)24-15-13-23(14-16-24)22-11-9-21(10-12-22)8-6-4-5-7-20(2)31/h3,6,8-18,20,31H,1,4-5,7,19H2,2H3. The number of allylic oxidation sites excluding steroid dienone is 1. The third-order valence-corrected chi connectivity index (χ3v) is 5.15. The molecule has 166 valence electrons. The lowest BCUT2D eigenvalue weighted by Crippen LogP contribution is -1.99. The Bertz CT molecular complexity index is 1050. The van der Waals surface area contributed by atoms with Gasteiger partial charge in [0.15, 0.2) is 11.6 Å². The van der Waals surface area contributed by atoms with Crippen molar-refractivity contribution in [2.45, 2.75) is 32.3 Å². The number of ether oxygens (including phenoxy) is 1. The van der Waals surface area contributed by atoms with E-state index >= 15 is 0 Å². The van der Waals surface area contributed by atoms with E-state index in [1.165, 1.54) is 18.2 Å². The average Bonchev–Trinajstić information content (AvgIpc) is 2.80. The third-order valence-electron chi connectivity index (χ3n) is 5.15. The van der Waals surface area contributed by atoms with Gasteiger partial charge in [0.05, 0.1) is 6.10 Å². The van der Waals surface area contributed by atoms with Gasteiger partial charge in [0, 0.05) is 5.56 Å². The lowest BCUT2D eigenvalue weighted by atomic mass is 9.99. The molecule has 0 radical (unpaired) electrons. The molecule has 0 heterocycles. The molecule has 0 aliphatic carbocycles. The predicted octanol–water partition coefficient (Wildman–Crippen LogP) is 7.43. The van der Waals surface area contributed by atoms with E-state index in [9.17, 15) is 13.9 Å². The Morgan fingerprint density at radius 2 is 1.53 bits per heavy atom. The quantitative estimate of drug-likeness (QED) is 0.266. The maximum atomic E-state index is 14.5. The lowest BCUT2D eigenvalue weighted by molar-refractivity contribution is 0.182. The van der Waals surface area contributed by atoms with E-state index in [4.69, 9.17) is 4.74 Å². The van der Waals surface area contributed by atoms with Crippen LogP contribution in [0.5, 0.6) is 5.75 Å². The molecular formula is C28H28F2O2. The fourth-order valence-electron chi connectivity index (χ4n) is 3.39. The van der Waals surface area contributed by atoms with E-state index in [2.05, 4.69) is 18.7 Å². The highest BCUT2D eigenvalue weighted by molar-refractivity contribution is 5.72. The molecule has 0 aliphatic rings. The largest absolute Gasteiger partial charge is 0.486 e. The summed E-state index contributed by atoms with van der Waals surface area (Å²) in [6.07, 6.45) is 8.14. The summed E-state index contributed by atoms with van der Waals surface area (Å²) in [6.45, 7) is 5.42. The van der Waals surface area contributed by atoms with E-state index in [1.54, 1.807) is 19.1 Å². The van der Waals surface area contributed by atoms with Crippen molar-refractivity contribution in [2.24, 2.45) is 0 Å². The van der Waals surface area contributed by atoms with Crippen molar-refractivity contribution in [3.8, 4) is 28.0 Å². The predicted molar refractivity (Wildman–Crippen MR) is 127 cm³/mol. The van der Waals surface area contributed by atoms with Crippen LogP contribution in [0.15, 0.2) is 79.4 Å². The fourth-order valence-corrected chi connectivity index (χ4v) is 3.39. The molecule has 0 aromatic heterocycles. The molecular weight excluding hydrogens is 406 g/mol. The van der Waals surface area contributed by atoms with Gasteiger partial charge in [0.1, 0.15) is 6.61 Å². The maximum absolute atomic E-state index is 14.5. The molecule has 3 aromatic rings. The number of rotatable bonds is 10. The lowest BCUT2D eigenvalue weighted by Gasteiger charge is -2.10. The Labute approximate surface area is 188 Å². The van der Waals surface area contributed by atoms with Crippen LogP contribution in [0.25, 0.3) is 28.3 Å². The van der Waals surface area contributed by atoms with E-state index in [1.807, 2.05) is 36.4 Å². The van der Waals surface area contributed by atoms with Crippen molar-refractivity contribution in [3.05, 3.63) is 96.6 Å². The smallest absolute Gasteiger partial charge is 0.201 e. The SMILES string of the molecule is C=CCOc1ccc(-c2ccc(-c3ccc(C=CCCCC(C)O)cc3)cc2)c(F)c1F. The van der Waals surface area contributed by atoms with E-state index in [-0.39, 0.29) is 24.0 Å². The van der Waals surface area contributed by atoms with Crippen LogP contribution in [0.3, 0.4) is 0 Å². The molecule has 2 nitrogen and oxygen atoms in total. The minimum Gasteiger partial charge on any atom is -0.486 e. The maximum Gasteiger partial charge on any atom is 0.201 e. The number of aliphatic hydroxyl groups is 1. The van der Waals surface area contributed by atoms with Gasteiger partial charge in [-0.05, 0) is 60.6 Å². The van der Waals surface area contributed by atoms with Crippen LogP contribution >= 0.6 is 0 Å². The molecule has 0 saturated carbocycles. The summed E-state index contributed by atoms with van der Waals surface area (Å²) < 4.78 is 33.9. The van der Waals surface area contributed by atoms with E-state index in [0.717, 1.165) is 36.0 Å². The second kappa shape index (κ2) is 11.4. The summed E-state index contributed by atoms with van der Waals surface area (Å²) in [5, 5.41) is 9.29. The molecule has 3 rings (SSSR count). The molecule has 0 fully saturated rings. The average molecular weight is 435 g/mol. The van der Waals surface area contributed by atoms with Crippen molar-refractivity contribution >= 4 is 6.08 Å². The van der Waals surface area contributed by atoms with Crippen LogP contribution in [-0.4, -0.2) is 17.8 Å². The van der Waals surface area contributed by atoms with Gasteiger partial charge in [0.2, 0.25) is 5.82 Å². The normalized spacial score (nSPS) is 12.1. The Hall–Kier alpha value is -3.24. The molecule has 1 unspecified atom stereocenters. The van der Waals surface area contributed by atoms with Gasteiger partial charge < -0.3 is 9.84 Å².